The number of hydrogen-bond donors (Lipinski definition) is 1. The van der Waals surface area contributed by atoms with Gasteiger partial charge in [0, 0.05) is 6.42 Å². The van der Waals surface area contributed by atoms with Crippen LogP contribution in [0, 0.1) is 0 Å². The molecule has 0 aliphatic rings. The number of carbonyl (C=O) groups is 1. The van der Waals surface area contributed by atoms with Crippen LogP contribution in [0.5, 0.6) is 0 Å². The maximum Gasteiger partial charge on any atom is 0.303 e. The van der Waals surface area contributed by atoms with E-state index in [2.05, 4.69) is 18.7 Å². The Kier molecular flexibility index (Phi) is 7.69. The Morgan fingerprint density at radius 1 is 1.23 bits per heavy atom. The van der Waals surface area contributed by atoms with Crippen LogP contribution in [-0.4, -0.2) is 35.6 Å². The Hall–Kier alpha value is -0.570. The van der Waals surface area contributed by atoms with E-state index in [9.17, 15) is 4.79 Å². The molecule has 0 rings (SSSR count). The first-order valence-corrected chi connectivity index (χ1v) is 5.14. The second kappa shape index (κ2) is 8.05. The lowest BCUT2D eigenvalue weighted by atomic mass is 10.2. The fourth-order valence-corrected chi connectivity index (χ4v) is 1.26. The topological polar surface area (TPSA) is 40.5 Å². The number of aliphatic carboxylic acids is 1. The predicted molar refractivity (Wildman–Crippen MR) is 53.9 cm³/mol. The second-order valence-electron chi connectivity index (χ2n) is 3.29. The molecule has 0 heterocycles. The number of hydrogen-bond acceptors (Lipinski definition) is 2. The van der Waals surface area contributed by atoms with Gasteiger partial charge in [-0.1, -0.05) is 20.3 Å². The Labute approximate surface area is 80.7 Å². The molecular weight excluding hydrogens is 166 g/mol. The number of nitrogens with zero attached hydrogens (tertiary/aromatic N) is 1. The fraction of sp³-hybridized carbons (Fsp3) is 0.900. The highest BCUT2D eigenvalue weighted by molar-refractivity contribution is 5.66. The molecule has 0 aromatic heterocycles. The molecule has 0 atom stereocenters. The van der Waals surface area contributed by atoms with Crippen LogP contribution in [0.2, 0.25) is 0 Å². The zero-order chi connectivity index (χ0) is 10.1. The highest BCUT2D eigenvalue weighted by Gasteiger charge is 2.02. The molecule has 0 aliphatic heterocycles. The van der Waals surface area contributed by atoms with E-state index in [1.807, 2.05) is 0 Å². The first kappa shape index (κ1) is 12.4. The Balaban J connectivity index is 3.41. The van der Waals surface area contributed by atoms with Crippen molar-refractivity contribution in [1.82, 2.24) is 4.90 Å². The van der Waals surface area contributed by atoms with Gasteiger partial charge in [0.1, 0.15) is 0 Å². The van der Waals surface area contributed by atoms with Crippen LogP contribution in [0.25, 0.3) is 0 Å². The predicted octanol–water partition coefficient (Wildman–Crippen LogP) is 1.97. The fourth-order valence-electron chi connectivity index (χ4n) is 1.26. The van der Waals surface area contributed by atoms with E-state index in [4.69, 9.17) is 5.11 Å². The van der Waals surface area contributed by atoms with E-state index < -0.39 is 5.97 Å². The van der Waals surface area contributed by atoms with E-state index in [-0.39, 0.29) is 0 Å². The summed E-state index contributed by atoms with van der Waals surface area (Å²) in [5, 5.41) is 8.46. The average molecular weight is 187 g/mol. The maximum atomic E-state index is 10.3. The number of rotatable bonds is 8. The Morgan fingerprint density at radius 3 is 2.31 bits per heavy atom. The lowest BCUT2D eigenvalue weighted by Crippen LogP contribution is -2.26. The summed E-state index contributed by atoms with van der Waals surface area (Å²) >= 11 is 0. The summed E-state index contributed by atoms with van der Waals surface area (Å²) in [6.45, 7) is 7.34. The van der Waals surface area contributed by atoms with E-state index in [0.717, 1.165) is 26.1 Å². The van der Waals surface area contributed by atoms with Crippen LogP contribution in [0.4, 0.5) is 0 Å². The summed E-state index contributed by atoms with van der Waals surface area (Å²) < 4.78 is 0. The number of carboxylic acids is 1. The van der Waals surface area contributed by atoms with Crippen molar-refractivity contribution >= 4 is 5.97 Å². The molecule has 0 radical (unpaired) electrons. The minimum absolute atomic E-state index is 0.294. The molecule has 0 fully saturated rings. The van der Waals surface area contributed by atoms with E-state index >= 15 is 0 Å². The summed E-state index contributed by atoms with van der Waals surface area (Å²) in [6, 6.07) is 0. The second-order valence-corrected chi connectivity index (χ2v) is 3.29. The van der Waals surface area contributed by atoms with Crippen LogP contribution in [-0.2, 0) is 4.79 Å². The molecule has 3 nitrogen and oxygen atoms in total. The van der Waals surface area contributed by atoms with Crippen LogP contribution >= 0.6 is 0 Å². The van der Waals surface area contributed by atoms with Gasteiger partial charge in [0.05, 0.1) is 0 Å². The number of carboxylic acid groups (broad SMARTS) is 1. The van der Waals surface area contributed by atoms with E-state index in [1.54, 1.807) is 0 Å². The van der Waals surface area contributed by atoms with Crippen LogP contribution in [0.1, 0.15) is 39.5 Å². The summed E-state index contributed by atoms with van der Waals surface area (Å²) in [7, 11) is 0. The van der Waals surface area contributed by atoms with Gasteiger partial charge >= 0.3 is 5.97 Å². The Bertz CT molecular complexity index is 137. The van der Waals surface area contributed by atoms with Crippen molar-refractivity contribution in [3.05, 3.63) is 0 Å². The third-order valence-corrected chi connectivity index (χ3v) is 2.14. The van der Waals surface area contributed by atoms with Gasteiger partial charge in [-0.3, -0.25) is 4.79 Å². The molecule has 0 amide bonds. The molecule has 1 N–H and O–H groups in total. The molecule has 0 aromatic rings. The smallest absolute Gasteiger partial charge is 0.303 e. The molecular formula is C10H21NO2. The molecule has 13 heavy (non-hydrogen) atoms. The Morgan fingerprint density at radius 2 is 1.85 bits per heavy atom. The largest absolute Gasteiger partial charge is 0.481 e. The van der Waals surface area contributed by atoms with Gasteiger partial charge in [0.25, 0.3) is 0 Å². The normalized spacial score (nSPS) is 10.7. The summed E-state index contributed by atoms with van der Waals surface area (Å²) in [5.74, 6) is -0.688. The van der Waals surface area contributed by atoms with Crippen molar-refractivity contribution in [1.29, 1.82) is 0 Å². The third kappa shape index (κ3) is 7.78. The summed E-state index contributed by atoms with van der Waals surface area (Å²) in [4.78, 5) is 12.6. The molecule has 3 heteroatoms. The van der Waals surface area contributed by atoms with Crippen LogP contribution < -0.4 is 0 Å². The zero-order valence-electron chi connectivity index (χ0n) is 8.75. The van der Waals surface area contributed by atoms with Gasteiger partial charge in [-0.25, -0.2) is 0 Å². The third-order valence-electron chi connectivity index (χ3n) is 2.14. The van der Waals surface area contributed by atoms with E-state index in [1.165, 1.54) is 12.8 Å². The van der Waals surface area contributed by atoms with Gasteiger partial charge in [-0.05, 0) is 32.5 Å². The van der Waals surface area contributed by atoms with Gasteiger partial charge < -0.3 is 10.0 Å². The zero-order valence-corrected chi connectivity index (χ0v) is 8.75. The molecule has 78 valence electrons. The highest BCUT2D eigenvalue weighted by Crippen LogP contribution is 1.98. The molecule has 0 aliphatic carbocycles. The first-order chi connectivity index (χ1) is 6.20. The van der Waals surface area contributed by atoms with Gasteiger partial charge in [-0.15, -0.1) is 0 Å². The van der Waals surface area contributed by atoms with Crippen molar-refractivity contribution in [3.63, 3.8) is 0 Å². The first-order valence-electron chi connectivity index (χ1n) is 5.14. The summed E-state index contributed by atoms with van der Waals surface area (Å²) in [6.07, 6.45) is 3.48. The van der Waals surface area contributed by atoms with Crippen molar-refractivity contribution < 1.29 is 9.90 Å². The van der Waals surface area contributed by atoms with Crippen molar-refractivity contribution in [3.8, 4) is 0 Å². The van der Waals surface area contributed by atoms with Gasteiger partial charge in [-0.2, -0.15) is 0 Å². The van der Waals surface area contributed by atoms with E-state index in [0.29, 0.717) is 6.42 Å². The van der Waals surface area contributed by atoms with Gasteiger partial charge in [0.2, 0.25) is 0 Å². The molecule has 0 unspecified atom stereocenters. The molecule has 0 bridgehead atoms. The van der Waals surface area contributed by atoms with Crippen LogP contribution in [0.3, 0.4) is 0 Å². The quantitative estimate of drug-likeness (QED) is 0.631. The molecule has 0 saturated heterocycles. The maximum absolute atomic E-state index is 10.3. The van der Waals surface area contributed by atoms with Gasteiger partial charge in [0.15, 0.2) is 0 Å². The lowest BCUT2D eigenvalue weighted by molar-refractivity contribution is -0.137. The monoisotopic (exact) mass is 187 g/mol. The molecule has 0 saturated carbocycles. The highest BCUT2D eigenvalue weighted by atomic mass is 16.4. The average Bonchev–Trinajstić information content (AvgIpc) is 2.10. The van der Waals surface area contributed by atoms with Crippen molar-refractivity contribution in [2.75, 3.05) is 19.6 Å². The molecule has 0 spiro atoms. The molecule has 0 aromatic carbocycles. The summed E-state index contributed by atoms with van der Waals surface area (Å²) in [5.41, 5.74) is 0. The lowest BCUT2D eigenvalue weighted by Gasteiger charge is -2.19. The number of unbranched alkanes of at least 4 members (excludes halogenated alkanes) is 1. The van der Waals surface area contributed by atoms with Crippen molar-refractivity contribution in [2.24, 2.45) is 0 Å². The SMILES string of the molecule is CCCCN(CC)CCCC(=O)O. The van der Waals surface area contributed by atoms with Crippen molar-refractivity contribution in [2.45, 2.75) is 39.5 Å². The minimum Gasteiger partial charge on any atom is -0.481 e. The van der Waals surface area contributed by atoms with Crippen LogP contribution in [0.15, 0.2) is 0 Å². The minimum atomic E-state index is -0.688. The standard InChI is InChI=1S/C10H21NO2/c1-3-5-8-11(4-2)9-6-7-10(12)13/h3-9H2,1-2H3,(H,12,13).